The maximum atomic E-state index is 13.3. The number of amides is 1. The maximum Gasteiger partial charge on any atom is 0.340 e. The molecule has 29 heavy (non-hydrogen) atoms. The highest BCUT2D eigenvalue weighted by atomic mass is 19.1. The third kappa shape index (κ3) is 5.49. The first-order valence-corrected chi connectivity index (χ1v) is 9.07. The van der Waals surface area contributed by atoms with E-state index in [1.165, 1.54) is 24.3 Å². The Morgan fingerprint density at radius 3 is 2.48 bits per heavy atom. The number of carbonyl (C=O) groups excluding carboxylic acids is 3. The lowest BCUT2D eigenvalue weighted by Gasteiger charge is -2.08. The Bertz CT molecular complexity index is 876. The number of benzene rings is 1. The van der Waals surface area contributed by atoms with Gasteiger partial charge in [-0.25, -0.2) is 9.18 Å². The van der Waals surface area contributed by atoms with Gasteiger partial charge in [0.1, 0.15) is 11.5 Å². The SMILES string of the molecule is CCOC(=O)c1c(C)[nH]c(C(=O)C(=O)NCCOCCO)c1-c1ccc(F)cc1. The van der Waals surface area contributed by atoms with Gasteiger partial charge in [0.05, 0.1) is 32.0 Å². The fourth-order valence-corrected chi connectivity index (χ4v) is 2.76. The molecule has 8 nitrogen and oxygen atoms in total. The molecule has 1 amide bonds. The number of halogens is 1. The van der Waals surface area contributed by atoms with Gasteiger partial charge in [-0.3, -0.25) is 9.59 Å². The zero-order valence-corrected chi connectivity index (χ0v) is 16.2. The summed E-state index contributed by atoms with van der Waals surface area (Å²) in [6.07, 6.45) is 0. The van der Waals surface area contributed by atoms with E-state index in [1.54, 1.807) is 13.8 Å². The number of ether oxygens (including phenoxy) is 2. The minimum Gasteiger partial charge on any atom is -0.462 e. The summed E-state index contributed by atoms with van der Waals surface area (Å²) in [5.74, 6) is -2.91. The molecule has 2 rings (SSSR count). The molecule has 0 aliphatic rings. The summed E-state index contributed by atoms with van der Waals surface area (Å²) in [5, 5.41) is 11.1. The summed E-state index contributed by atoms with van der Waals surface area (Å²) in [6, 6.07) is 5.22. The van der Waals surface area contributed by atoms with Crippen LogP contribution in [0.3, 0.4) is 0 Å². The molecule has 0 spiro atoms. The smallest absolute Gasteiger partial charge is 0.340 e. The van der Waals surface area contributed by atoms with Gasteiger partial charge in [-0.15, -0.1) is 0 Å². The number of ketones is 1. The lowest BCUT2D eigenvalue weighted by atomic mass is 9.98. The van der Waals surface area contributed by atoms with Crippen LogP contribution in [-0.2, 0) is 14.3 Å². The maximum absolute atomic E-state index is 13.3. The fourth-order valence-electron chi connectivity index (χ4n) is 2.76. The Kier molecular flexibility index (Phi) is 8.05. The van der Waals surface area contributed by atoms with Gasteiger partial charge >= 0.3 is 5.97 Å². The van der Waals surface area contributed by atoms with E-state index in [0.29, 0.717) is 11.3 Å². The second kappa shape index (κ2) is 10.5. The highest BCUT2D eigenvalue weighted by Crippen LogP contribution is 2.31. The molecular weight excluding hydrogens is 383 g/mol. The number of carbonyl (C=O) groups is 3. The summed E-state index contributed by atoms with van der Waals surface area (Å²) in [4.78, 5) is 40.2. The predicted octanol–water partition coefficient (Wildman–Crippen LogP) is 1.61. The number of rotatable bonds is 10. The number of nitrogens with one attached hydrogen (secondary N) is 2. The molecule has 2 aromatic rings. The first kappa shape index (κ1) is 22.3. The molecule has 0 bridgehead atoms. The third-order valence-electron chi connectivity index (χ3n) is 4.00. The molecule has 0 unspecified atom stereocenters. The summed E-state index contributed by atoms with van der Waals surface area (Å²) in [7, 11) is 0. The standard InChI is InChI=1S/C20H23FN2O6/c1-3-29-20(27)15-12(2)23-17(16(15)13-4-6-14(21)7-5-13)18(25)19(26)22-8-10-28-11-9-24/h4-7,23-24H,3,8-11H2,1-2H3,(H,22,26). The average molecular weight is 406 g/mol. The molecule has 1 heterocycles. The van der Waals surface area contributed by atoms with Crippen molar-refractivity contribution in [3.63, 3.8) is 0 Å². The Morgan fingerprint density at radius 2 is 1.86 bits per heavy atom. The minimum atomic E-state index is -0.891. The number of hydrogen-bond acceptors (Lipinski definition) is 6. The second-order valence-corrected chi connectivity index (χ2v) is 6.02. The van der Waals surface area contributed by atoms with Crippen LogP contribution in [0.5, 0.6) is 0 Å². The van der Waals surface area contributed by atoms with Gasteiger partial charge in [0.15, 0.2) is 0 Å². The van der Waals surface area contributed by atoms with Gasteiger partial charge in [0.25, 0.3) is 11.7 Å². The molecular formula is C20H23FN2O6. The van der Waals surface area contributed by atoms with E-state index in [4.69, 9.17) is 14.6 Å². The number of Topliss-reactive ketones (excluding diaryl/α,β-unsaturated/α-hetero) is 1. The molecule has 0 atom stereocenters. The van der Waals surface area contributed by atoms with Crippen LogP contribution in [0.25, 0.3) is 11.1 Å². The van der Waals surface area contributed by atoms with Crippen LogP contribution in [-0.4, -0.2) is 60.7 Å². The number of esters is 1. The van der Waals surface area contributed by atoms with Crippen LogP contribution < -0.4 is 5.32 Å². The van der Waals surface area contributed by atoms with Crippen molar-refractivity contribution >= 4 is 17.7 Å². The molecule has 1 aromatic heterocycles. The van der Waals surface area contributed by atoms with Crippen molar-refractivity contribution in [2.24, 2.45) is 0 Å². The number of aromatic amines is 1. The third-order valence-corrected chi connectivity index (χ3v) is 4.00. The number of aromatic nitrogens is 1. The number of hydrogen-bond donors (Lipinski definition) is 3. The Balaban J connectivity index is 2.36. The van der Waals surface area contributed by atoms with E-state index in [2.05, 4.69) is 10.3 Å². The van der Waals surface area contributed by atoms with Gasteiger partial charge in [-0.05, 0) is 31.5 Å². The second-order valence-electron chi connectivity index (χ2n) is 6.02. The molecule has 9 heteroatoms. The van der Waals surface area contributed by atoms with Crippen molar-refractivity contribution < 1.29 is 33.4 Å². The van der Waals surface area contributed by atoms with Crippen molar-refractivity contribution in [2.75, 3.05) is 33.0 Å². The van der Waals surface area contributed by atoms with E-state index in [9.17, 15) is 18.8 Å². The Morgan fingerprint density at radius 1 is 1.17 bits per heavy atom. The van der Waals surface area contributed by atoms with Crippen molar-refractivity contribution in [3.05, 3.63) is 47.0 Å². The largest absolute Gasteiger partial charge is 0.462 e. The average Bonchev–Trinajstić information content (AvgIpc) is 3.05. The van der Waals surface area contributed by atoms with Crippen LogP contribution in [0.4, 0.5) is 4.39 Å². The lowest BCUT2D eigenvalue weighted by molar-refractivity contribution is -0.117. The molecule has 156 valence electrons. The topological polar surface area (TPSA) is 118 Å². The number of aliphatic hydroxyl groups is 1. The monoisotopic (exact) mass is 406 g/mol. The Labute approximate surface area is 167 Å². The molecule has 1 aromatic carbocycles. The number of H-pyrrole nitrogens is 1. The zero-order valence-electron chi connectivity index (χ0n) is 16.2. The van der Waals surface area contributed by atoms with Crippen LogP contribution in [0.15, 0.2) is 24.3 Å². The van der Waals surface area contributed by atoms with Crippen LogP contribution in [0, 0.1) is 12.7 Å². The minimum absolute atomic E-state index is 0.0703. The van der Waals surface area contributed by atoms with Crippen molar-refractivity contribution in [2.45, 2.75) is 13.8 Å². The predicted molar refractivity (Wildman–Crippen MR) is 102 cm³/mol. The van der Waals surface area contributed by atoms with Crippen molar-refractivity contribution in [1.29, 1.82) is 0 Å². The molecule has 0 aliphatic carbocycles. The van der Waals surface area contributed by atoms with Gasteiger partial charge in [0.2, 0.25) is 0 Å². The Hall–Kier alpha value is -3.04. The van der Waals surface area contributed by atoms with E-state index in [-0.39, 0.29) is 49.8 Å². The van der Waals surface area contributed by atoms with Gasteiger partial charge in [-0.2, -0.15) is 0 Å². The summed E-state index contributed by atoms with van der Waals surface area (Å²) < 4.78 is 23.4. The molecule has 0 fully saturated rings. The summed E-state index contributed by atoms with van der Waals surface area (Å²) >= 11 is 0. The van der Waals surface area contributed by atoms with E-state index in [1.807, 2.05) is 0 Å². The molecule has 0 radical (unpaired) electrons. The first-order valence-electron chi connectivity index (χ1n) is 9.07. The van der Waals surface area contributed by atoms with Crippen LogP contribution >= 0.6 is 0 Å². The van der Waals surface area contributed by atoms with E-state index < -0.39 is 23.5 Å². The molecule has 3 N–H and O–H groups in total. The zero-order chi connectivity index (χ0) is 21.4. The van der Waals surface area contributed by atoms with Gasteiger partial charge in [0, 0.05) is 17.8 Å². The fraction of sp³-hybridized carbons (Fsp3) is 0.350. The normalized spacial score (nSPS) is 10.6. The number of aliphatic hydroxyl groups excluding tert-OH is 1. The molecule has 0 saturated heterocycles. The van der Waals surface area contributed by atoms with Crippen molar-refractivity contribution in [3.8, 4) is 11.1 Å². The van der Waals surface area contributed by atoms with E-state index >= 15 is 0 Å². The molecule has 0 aliphatic heterocycles. The molecule has 0 saturated carbocycles. The summed E-state index contributed by atoms with van der Waals surface area (Å²) in [6.45, 7) is 3.53. The lowest BCUT2D eigenvalue weighted by Crippen LogP contribution is -2.34. The number of aryl methyl sites for hydroxylation is 1. The van der Waals surface area contributed by atoms with Crippen LogP contribution in [0.1, 0.15) is 33.5 Å². The van der Waals surface area contributed by atoms with Gasteiger partial charge in [-0.1, -0.05) is 12.1 Å². The highest BCUT2D eigenvalue weighted by molar-refractivity contribution is 6.43. The van der Waals surface area contributed by atoms with Gasteiger partial charge < -0.3 is 24.9 Å². The summed E-state index contributed by atoms with van der Waals surface area (Å²) in [5.41, 5.74) is 0.941. The van der Waals surface area contributed by atoms with Crippen molar-refractivity contribution in [1.82, 2.24) is 10.3 Å². The highest BCUT2D eigenvalue weighted by Gasteiger charge is 2.29. The quantitative estimate of drug-likeness (QED) is 0.239. The van der Waals surface area contributed by atoms with E-state index in [0.717, 1.165) is 0 Å². The first-order chi connectivity index (χ1) is 13.9. The van der Waals surface area contributed by atoms with Crippen LogP contribution in [0.2, 0.25) is 0 Å².